The van der Waals surface area contributed by atoms with Crippen LogP contribution in [-0.2, 0) is 14.6 Å². The maximum Gasteiger partial charge on any atom is 0.151 e. The second kappa shape index (κ2) is 7.89. The van der Waals surface area contributed by atoms with Crippen molar-refractivity contribution in [2.45, 2.75) is 19.4 Å². The first-order valence-electron chi connectivity index (χ1n) is 6.01. The van der Waals surface area contributed by atoms with Crippen molar-refractivity contribution in [2.24, 2.45) is 0 Å². The van der Waals surface area contributed by atoms with E-state index < -0.39 is 9.84 Å². The van der Waals surface area contributed by atoms with E-state index in [1.165, 1.54) is 4.88 Å². The molecule has 0 aliphatic heterocycles. The number of sulfone groups is 1. The summed E-state index contributed by atoms with van der Waals surface area (Å²) in [6.07, 6.45) is 0.569. The highest BCUT2D eigenvalue weighted by Gasteiger charge is 2.11. The van der Waals surface area contributed by atoms with Gasteiger partial charge in [0.05, 0.1) is 11.5 Å². The zero-order valence-corrected chi connectivity index (χ0v) is 12.5. The minimum absolute atomic E-state index is 0.187. The average Bonchev–Trinajstić information content (AvgIpc) is 2.82. The summed E-state index contributed by atoms with van der Waals surface area (Å²) in [7, 11) is -1.38. The maximum atomic E-state index is 11.7. The fourth-order valence-electron chi connectivity index (χ4n) is 1.59. The second-order valence-electron chi connectivity index (χ2n) is 4.19. The molecule has 0 aliphatic carbocycles. The molecule has 6 heteroatoms. The number of ether oxygens (including phenoxy) is 1. The largest absolute Gasteiger partial charge is 0.385 e. The molecule has 1 aromatic heterocycles. The number of rotatable bonds is 9. The smallest absolute Gasteiger partial charge is 0.151 e. The fraction of sp³-hybridized carbons (Fsp3) is 0.667. The molecule has 0 saturated carbocycles. The van der Waals surface area contributed by atoms with Crippen LogP contribution in [0.25, 0.3) is 0 Å². The molecule has 104 valence electrons. The van der Waals surface area contributed by atoms with Crippen molar-refractivity contribution in [1.82, 2.24) is 5.32 Å². The van der Waals surface area contributed by atoms with Crippen molar-refractivity contribution >= 4 is 21.2 Å². The van der Waals surface area contributed by atoms with Crippen LogP contribution in [0.5, 0.6) is 0 Å². The molecule has 1 N–H and O–H groups in total. The minimum Gasteiger partial charge on any atom is -0.385 e. The average molecular weight is 291 g/mol. The second-order valence-corrected chi connectivity index (χ2v) is 7.47. The standard InChI is InChI=1S/C12H21NO3S2/c1-11(12-5-3-8-17-12)13-6-10-18(14,15)9-4-7-16-2/h3,5,8,11,13H,4,6-7,9-10H2,1-2H3. The summed E-state index contributed by atoms with van der Waals surface area (Å²) in [5, 5.41) is 5.25. The first kappa shape index (κ1) is 15.6. The molecule has 0 radical (unpaired) electrons. The third-order valence-electron chi connectivity index (χ3n) is 2.64. The highest BCUT2D eigenvalue weighted by molar-refractivity contribution is 7.91. The summed E-state index contributed by atoms with van der Waals surface area (Å²) in [5.41, 5.74) is 0. The number of thiophene rings is 1. The van der Waals surface area contributed by atoms with E-state index in [4.69, 9.17) is 4.74 Å². The Labute approximate surface area is 113 Å². The fourth-order valence-corrected chi connectivity index (χ4v) is 3.54. The Morgan fingerprint density at radius 3 is 2.83 bits per heavy atom. The zero-order valence-electron chi connectivity index (χ0n) is 10.9. The van der Waals surface area contributed by atoms with Gasteiger partial charge < -0.3 is 10.1 Å². The lowest BCUT2D eigenvalue weighted by Crippen LogP contribution is -2.26. The van der Waals surface area contributed by atoms with Crippen LogP contribution < -0.4 is 5.32 Å². The topological polar surface area (TPSA) is 55.4 Å². The van der Waals surface area contributed by atoms with Crippen LogP contribution in [0.2, 0.25) is 0 Å². The molecule has 0 aliphatic rings. The molecule has 1 unspecified atom stereocenters. The van der Waals surface area contributed by atoms with E-state index in [0.29, 0.717) is 19.6 Å². The number of hydrogen-bond acceptors (Lipinski definition) is 5. The van der Waals surface area contributed by atoms with Crippen LogP contribution in [0, 0.1) is 0 Å². The summed E-state index contributed by atoms with van der Waals surface area (Å²) in [6.45, 7) is 3.04. The van der Waals surface area contributed by atoms with Gasteiger partial charge in [-0.05, 0) is 24.8 Å². The van der Waals surface area contributed by atoms with Gasteiger partial charge in [0, 0.05) is 31.2 Å². The number of nitrogens with one attached hydrogen (secondary N) is 1. The molecule has 1 rings (SSSR count). The lowest BCUT2D eigenvalue weighted by molar-refractivity contribution is 0.199. The van der Waals surface area contributed by atoms with Gasteiger partial charge in [-0.15, -0.1) is 11.3 Å². The van der Waals surface area contributed by atoms with Crippen molar-refractivity contribution in [1.29, 1.82) is 0 Å². The van der Waals surface area contributed by atoms with Crippen LogP contribution in [0.15, 0.2) is 17.5 Å². The SMILES string of the molecule is COCCCS(=O)(=O)CCNC(C)c1cccs1. The molecule has 0 fully saturated rings. The Morgan fingerprint density at radius 2 is 2.22 bits per heavy atom. The highest BCUT2D eigenvalue weighted by atomic mass is 32.2. The van der Waals surface area contributed by atoms with E-state index in [-0.39, 0.29) is 17.5 Å². The molecule has 0 amide bonds. The molecule has 0 bridgehead atoms. The quantitative estimate of drug-likeness (QED) is 0.706. The van der Waals surface area contributed by atoms with Crippen LogP contribution in [0.3, 0.4) is 0 Å². The minimum atomic E-state index is -2.96. The van der Waals surface area contributed by atoms with E-state index in [0.717, 1.165) is 0 Å². The van der Waals surface area contributed by atoms with Crippen molar-refractivity contribution < 1.29 is 13.2 Å². The Kier molecular flexibility index (Phi) is 6.85. The first-order valence-corrected chi connectivity index (χ1v) is 8.71. The summed E-state index contributed by atoms with van der Waals surface area (Å²) in [5.74, 6) is 0.391. The van der Waals surface area contributed by atoms with E-state index in [1.54, 1.807) is 18.4 Å². The molecule has 0 saturated heterocycles. The molecule has 4 nitrogen and oxygen atoms in total. The summed E-state index contributed by atoms with van der Waals surface area (Å²) in [4.78, 5) is 1.23. The molecule has 1 aromatic rings. The van der Waals surface area contributed by atoms with E-state index in [9.17, 15) is 8.42 Å². The Hall–Kier alpha value is -0.430. The Balaban J connectivity index is 2.24. The van der Waals surface area contributed by atoms with Crippen molar-refractivity contribution in [3.05, 3.63) is 22.4 Å². The number of hydrogen-bond donors (Lipinski definition) is 1. The lowest BCUT2D eigenvalue weighted by Gasteiger charge is -2.12. The van der Waals surface area contributed by atoms with Gasteiger partial charge in [0.15, 0.2) is 9.84 Å². The van der Waals surface area contributed by atoms with Crippen molar-refractivity contribution in [2.75, 3.05) is 31.8 Å². The summed E-state index contributed by atoms with van der Waals surface area (Å²) < 4.78 is 28.2. The first-order chi connectivity index (χ1) is 8.55. The predicted molar refractivity (Wildman–Crippen MR) is 75.9 cm³/mol. The molecule has 0 spiro atoms. The van der Waals surface area contributed by atoms with Crippen molar-refractivity contribution in [3.8, 4) is 0 Å². The van der Waals surface area contributed by atoms with Gasteiger partial charge in [0.2, 0.25) is 0 Å². The van der Waals surface area contributed by atoms with Gasteiger partial charge in [0.25, 0.3) is 0 Å². The molecule has 1 atom stereocenters. The highest BCUT2D eigenvalue weighted by Crippen LogP contribution is 2.17. The maximum absolute atomic E-state index is 11.7. The lowest BCUT2D eigenvalue weighted by atomic mass is 10.3. The molecule has 0 aromatic carbocycles. The monoisotopic (exact) mass is 291 g/mol. The third-order valence-corrected chi connectivity index (χ3v) is 5.43. The molecular formula is C12H21NO3S2. The summed E-state index contributed by atoms with van der Waals surface area (Å²) >= 11 is 1.68. The van der Waals surface area contributed by atoms with Crippen LogP contribution in [-0.4, -0.2) is 40.2 Å². The van der Waals surface area contributed by atoms with Gasteiger partial charge in [-0.25, -0.2) is 8.42 Å². The third kappa shape index (κ3) is 5.95. The zero-order chi connectivity index (χ0) is 13.4. The predicted octanol–water partition coefficient (Wildman–Crippen LogP) is 1.85. The van der Waals surface area contributed by atoms with Gasteiger partial charge >= 0.3 is 0 Å². The Bertz CT molecular complexity index is 415. The van der Waals surface area contributed by atoms with E-state index in [1.807, 2.05) is 18.4 Å². The van der Waals surface area contributed by atoms with Crippen LogP contribution in [0.4, 0.5) is 0 Å². The van der Waals surface area contributed by atoms with Crippen LogP contribution in [0.1, 0.15) is 24.3 Å². The normalized spacial score (nSPS) is 13.7. The van der Waals surface area contributed by atoms with Gasteiger partial charge in [-0.2, -0.15) is 0 Å². The Morgan fingerprint density at radius 1 is 1.44 bits per heavy atom. The molecular weight excluding hydrogens is 270 g/mol. The molecule has 18 heavy (non-hydrogen) atoms. The number of methoxy groups -OCH3 is 1. The van der Waals surface area contributed by atoms with Gasteiger partial charge in [0.1, 0.15) is 0 Å². The molecule has 1 heterocycles. The van der Waals surface area contributed by atoms with Crippen molar-refractivity contribution in [3.63, 3.8) is 0 Å². The van der Waals surface area contributed by atoms with Gasteiger partial charge in [-0.3, -0.25) is 0 Å². The summed E-state index contributed by atoms with van der Waals surface area (Å²) in [6, 6.07) is 4.26. The van der Waals surface area contributed by atoms with E-state index >= 15 is 0 Å². The van der Waals surface area contributed by atoms with E-state index in [2.05, 4.69) is 11.4 Å². The van der Waals surface area contributed by atoms with Crippen LogP contribution >= 0.6 is 11.3 Å². The van der Waals surface area contributed by atoms with Gasteiger partial charge in [-0.1, -0.05) is 6.07 Å².